The number of hydrogen-bond donors (Lipinski definition) is 1. The number of non-ortho nitro benzene ring substituents is 1. The Balaban J connectivity index is 2.25. The fraction of sp³-hybridized carbons (Fsp3) is 0. The van der Waals surface area contributed by atoms with Gasteiger partial charge in [-0.3, -0.25) is 10.1 Å². The highest BCUT2D eigenvalue weighted by Crippen LogP contribution is 2.28. The molecule has 0 unspecified atom stereocenters. The molecule has 21 heavy (non-hydrogen) atoms. The topological polar surface area (TPSA) is 84.5 Å². The van der Waals surface area contributed by atoms with E-state index in [9.17, 15) is 20.0 Å². The zero-order chi connectivity index (χ0) is 15.0. The number of benzene rings is 1. The van der Waals surface area contributed by atoms with E-state index in [1.807, 2.05) is 12.1 Å². The first kappa shape index (κ1) is 13.2. The quantitative estimate of drug-likeness (QED) is 0.458. The Morgan fingerprint density at radius 2 is 1.90 bits per heavy atom. The lowest BCUT2D eigenvalue weighted by Crippen LogP contribution is -2.21. The van der Waals surface area contributed by atoms with Gasteiger partial charge in [-0.05, 0) is 18.2 Å². The summed E-state index contributed by atoms with van der Waals surface area (Å²) in [6, 6.07) is 11.3. The first-order chi connectivity index (χ1) is 10.1. The van der Waals surface area contributed by atoms with Crippen molar-refractivity contribution in [1.82, 2.24) is 0 Å². The van der Waals surface area contributed by atoms with E-state index < -0.39 is 10.9 Å². The lowest BCUT2D eigenvalue weighted by Gasteiger charge is -1.96. The lowest BCUT2D eigenvalue weighted by molar-refractivity contribution is -0.495. The van der Waals surface area contributed by atoms with Crippen LogP contribution in [0.4, 0.5) is 5.69 Å². The van der Waals surface area contributed by atoms with Crippen LogP contribution in [0, 0.1) is 10.1 Å². The molecule has 2 heterocycles. The maximum Gasteiger partial charge on any atom is 0.353 e. The van der Waals surface area contributed by atoms with Crippen molar-refractivity contribution in [2.45, 2.75) is 0 Å². The Kier molecular flexibility index (Phi) is 3.11. The van der Waals surface area contributed by atoms with Crippen LogP contribution in [0.5, 0.6) is 0 Å². The highest BCUT2D eigenvalue weighted by Gasteiger charge is 2.27. The molecule has 3 aromatic rings. The van der Waals surface area contributed by atoms with Crippen molar-refractivity contribution in [3.63, 3.8) is 0 Å². The van der Waals surface area contributed by atoms with Gasteiger partial charge in [-0.2, -0.15) is 0 Å². The number of carboxylic acid groups (broad SMARTS) is 1. The van der Waals surface area contributed by atoms with Crippen LogP contribution in [0.3, 0.4) is 0 Å². The van der Waals surface area contributed by atoms with E-state index in [2.05, 4.69) is 0 Å². The Morgan fingerprint density at radius 1 is 1.19 bits per heavy atom. The van der Waals surface area contributed by atoms with Crippen LogP contribution < -0.4 is 4.40 Å². The normalized spacial score (nSPS) is 10.7. The summed E-state index contributed by atoms with van der Waals surface area (Å²) in [6.45, 7) is 0. The van der Waals surface area contributed by atoms with Crippen molar-refractivity contribution in [3.8, 4) is 11.3 Å². The van der Waals surface area contributed by atoms with Gasteiger partial charge in [-0.1, -0.05) is 11.3 Å². The second-order valence-electron chi connectivity index (χ2n) is 4.30. The van der Waals surface area contributed by atoms with Gasteiger partial charge < -0.3 is 5.11 Å². The third-order valence-corrected chi connectivity index (χ3v) is 4.14. The van der Waals surface area contributed by atoms with E-state index in [0.717, 1.165) is 4.83 Å². The molecule has 1 aromatic carbocycles. The molecule has 2 aromatic heterocycles. The van der Waals surface area contributed by atoms with Crippen molar-refractivity contribution in [3.05, 3.63) is 63.7 Å². The van der Waals surface area contributed by atoms with E-state index >= 15 is 0 Å². The standard InChI is InChI=1S/C14H8N2O4S/c17-14(18)13-12(15-8-2-1-3-11(15)21-13)9-4-6-10(7-5-9)16(19)20/h1-8H/p+1. The molecule has 0 radical (unpaired) electrons. The molecular weight excluding hydrogens is 292 g/mol. The van der Waals surface area contributed by atoms with E-state index in [4.69, 9.17) is 0 Å². The minimum absolute atomic E-state index is 0.0276. The summed E-state index contributed by atoms with van der Waals surface area (Å²) in [6.07, 6.45) is 1.77. The zero-order valence-corrected chi connectivity index (χ0v) is 11.4. The zero-order valence-electron chi connectivity index (χ0n) is 10.6. The van der Waals surface area contributed by atoms with Gasteiger partial charge in [0.25, 0.3) is 10.5 Å². The molecule has 0 saturated carbocycles. The number of nitrogens with zero attached hydrogens (tertiary/aromatic N) is 2. The second kappa shape index (κ2) is 4.95. The number of carbonyl (C=O) groups is 1. The van der Waals surface area contributed by atoms with E-state index in [0.29, 0.717) is 11.3 Å². The maximum absolute atomic E-state index is 11.4. The minimum atomic E-state index is -1.02. The number of nitro groups is 1. The largest absolute Gasteiger partial charge is 0.477 e. The van der Waals surface area contributed by atoms with Crippen LogP contribution in [0.1, 0.15) is 9.67 Å². The first-order valence-corrected chi connectivity index (χ1v) is 6.81. The predicted molar refractivity (Wildman–Crippen MR) is 76.5 cm³/mol. The van der Waals surface area contributed by atoms with Crippen LogP contribution in [0.2, 0.25) is 0 Å². The molecule has 3 rings (SSSR count). The van der Waals surface area contributed by atoms with Gasteiger partial charge in [0.1, 0.15) is 0 Å². The van der Waals surface area contributed by atoms with E-state index in [1.54, 1.807) is 28.8 Å². The Bertz CT molecular complexity index is 855. The van der Waals surface area contributed by atoms with Gasteiger partial charge in [0.05, 0.1) is 4.92 Å². The van der Waals surface area contributed by atoms with Gasteiger partial charge >= 0.3 is 5.97 Å². The van der Waals surface area contributed by atoms with Crippen molar-refractivity contribution in [1.29, 1.82) is 0 Å². The molecule has 0 bridgehead atoms. The summed E-state index contributed by atoms with van der Waals surface area (Å²) in [5, 5.41) is 20.1. The number of hydrogen-bond acceptors (Lipinski definition) is 4. The van der Waals surface area contributed by atoms with Gasteiger partial charge in [0, 0.05) is 29.8 Å². The van der Waals surface area contributed by atoms with Gasteiger partial charge in [-0.25, -0.2) is 4.79 Å². The van der Waals surface area contributed by atoms with Crippen LogP contribution >= 0.6 is 11.3 Å². The van der Waals surface area contributed by atoms with Crippen LogP contribution in [-0.4, -0.2) is 16.0 Å². The Labute approximate surface area is 122 Å². The number of nitro benzene ring substituents is 1. The molecule has 0 aliphatic rings. The second-order valence-corrected chi connectivity index (χ2v) is 5.33. The van der Waals surface area contributed by atoms with Crippen molar-refractivity contribution >= 4 is 27.8 Å². The van der Waals surface area contributed by atoms with Crippen molar-refractivity contribution < 1.29 is 19.2 Å². The average molecular weight is 301 g/mol. The third-order valence-electron chi connectivity index (χ3n) is 3.03. The molecular formula is C14H9N2O4S+. The number of pyridine rings is 1. The van der Waals surface area contributed by atoms with Gasteiger partial charge in [0.15, 0.2) is 11.1 Å². The molecule has 104 valence electrons. The van der Waals surface area contributed by atoms with E-state index in [-0.39, 0.29) is 10.6 Å². The highest BCUT2D eigenvalue weighted by molar-refractivity contribution is 7.19. The number of aromatic carboxylic acids is 1. The molecule has 0 aliphatic carbocycles. The summed E-state index contributed by atoms with van der Waals surface area (Å²) in [5.74, 6) is -1.02. The first-order valence-electron chi connectivity index (χ1n) is 5.99. The monoisotopic (exact) mass is 301 g/mol. The lowest BCUT2D eigenvalue weighted by atomic mass is 10.1. The Morgan fingerprint density at radius 3 is 2.52 bits per heavy atom. The summed E-state index contributed by atoms with van der Waals surface area (Å²) < 4.78 is 1.77. The molecule has 7 heteroatoms. The van der Waals surface area contributed by atoms with E-state index in [1.165, 1.54) is 23.5 Å². The summed E-state index contributed by atoms with van der Waals surface area (Å²) in [4.78, 5) is 22.6. The average Bonchev–Trinajstić information content (AvgIpc) is 2.87. The molecule has 6 nitrogen and oxygen atoms in total. The predicted octanol–water partition coefficient (Wildman–Crippen LogP) is 2.76. The van der Waals surface area contributed by atoms with Crippen LogP contribution in [-0.2, 0) is 0 Å². The molecule has 0 spiro atoms. The molecule has 0 saturated heterocycles. The smallest absolute Gasteiger partial charge is 0.353 e. The summed E-state index contributed by atoms with van der Waals surface area (Å²) in [7, 11) is 0. The number of fused-ring (bicyclic) bond motifs is 1. The SMILES string of the molecule is O=C(O)c1sc2cccc[n+]2c1-c1ccc([N+](=O)[O-])cc1. The highest BCUT2D eigenvalue weighted by atomic mass is 32.1. The Hall–Kier alpha value is -2.80. The number of carboxylic acids is 1. The molecule has 0 fully saturated rings. The molecule has 0 aliphatic heterocycles. The van der Waals surface area contributed by atoms with Gasteiger partial charge in [0.2, 0.25) is 5.69 Å². The summed E-state index contributed by atoms with van der Waals surface area (Å²) >= 11 is 1.17. The van der Waals surface area contributed by atoms with Crippen molar-refractivity contribution in [2.75, 3.05) is 0 Å². The number of rotatable bonds is 3. The van der Waals surface area contributed by atoms with Gasteiger partial charge in [-0.15, -0.1) is 4.40 Å². The molecule has 1 N–H and O–H groups in total. The van der Waals surface area contributed by atoms with Crippen molar-refractivity contribution in [2.24, 2.45) is 0 Å². The summed E-state index contributed by atoms with van der Waals surface area (Å²) in [5.41, 5.74) is 1.12. The fourth-order valence-corrected chi connectivity index (χ4v) is 3.12. The van der Waals surface area contributed by atoms with Crippen LogP contribution in [0.25, 0.3) is 16.1 Å². The van der Waals surface area contributed by atoms with Crippen LogP contribution in [0.15, 0.2) is 48.7 Å². The minimum Gasteiger partial charge on any atom is -0.477 e. The number of thiazole rings is 1. The molecule has 0 atom stereocenters. The third kappa shape index (κ3) is 2.23. The maximum atomic E-state index is 11.4. The fourth-order valence-electron chi connectivity index (χ4n) is 2.11. The molecule has 0 amide bonds. The number of aromatic nitrogens is 1.